The Balaban J connectivity index is 1.90. The number of rotatable bonds is 5. The van der Waals surface area contributed by atoms with Crippen molar-refractivity contribution in [2.75, 3.05) is 0 Å². The Bertz CT molecular complexity index is 713. The van der Waals surface area contributed by atoms with Gasteiger partial charge >= 0.3 is 0 Å². The molecule has 2 aromatic rings. The smallest absolute Gasteiger partial charge is 0.220 e. The summed E-state index contributed by atoms with van der Waals surface area (Å²) in [6.45, 7) is 6.17. The minimum atomic E-state index is -0.00407. The van der Waals surface area contributed by atoms with Gasteiger partial charge in [-0.3, -0.25) is 4.79 Å². The fraction of sp³-hybridized carbons (Fsp3) is 0.316. The van der Waals surface area contributed by atoms with Crippen molar-refractivity contribution in [3.8, 4) is 0 Å². The lowest BCUT2D eigenvalue weighted by molar-refractivity contribution is -0.121. The highest BCUT2D eigenvalue weighted by molar-refractivity contribution is 6.42. The molecule has 1 N–H and O–H groups in total. The first kappa shape index (κ1) is 17.8. The summed E-state index contributed by atoms with van der Waals surface area (Å²) in [5.74, 6) is 0.0294. The van der Waals surface area contributed by atoms with Crippen molar-refractivity contribution in [1.29, 1.82) is 0 Å². The van der Waals surface area contributed by atoms with Gasteiger partial charge in [-0.15, -0.1) is 0 Å². The van der Waals surface area contributed by atoms with E-state index in [1.165, 1.54) is 11.1 Å². The predicted octanol–water partition coefficient (Wildman–Crippen LogP) is 5.42. The van der Waals surface area contributed by atoms with Crippen LogP contribution in [0.25, 0.3) is 0 Å². The summed E-state index contributed by atoms with van der Waals surface area (Å²) in [4.78, 5) is 12.1. The molecular weight excluding hydrogens is 329 g/mol. The van der Waals surface area contributed by atoms with Gasteiger partial charge in [-0.05, 0) is 61.6 Å². The Labute approximate surface area is 147 Å². The van der Waals surface area contributed by atoms with Gasteiger partial charge in [0.1, 0.15) is 0 Å². The van der Waals surface area contributed by atoms with Crippen LogP contribution in [0.15, 0.2) is 36.4 Å². The third kappa shape index (κ3) is 4.98. The Kier molecular flexibility index (Phi) is 6.09. The first-order valence-corrected chi connectivity index (χ1v) is 8.43. The minimum absolute atomic E-state index is 0.00407. The summed E-state index contributed by atoms with van der Waals surface area (Å²) in [5.41, 5.74) is 4.62. The summed E-state index contributed by atoms with van der Waals surface area (Å²) < 4.78 is 0. The molecule has 0 aliphatic carbocycles. The van der Waals surface area contributed by atoms with Crippen LogP contribution in [0.4, 0.5) is 0 Å². The molecule has 2 nitrogen and oxygen atoms in total. The van der Waals surface area contributed by atoms with Gasteiger partial charge in [-0.1, -0.05) is 47.5 Å². The molecule has 2 aromatic carbocycles. The summed E-state index contributed by atoms with van der Waals surface area (Å²) in [5, 5.41) is 4.09. The van der Waals surface area contributed by atoms with E-state index in [9.17, 15) is 4.79 Å². The zero-order chi connectivity index (χ0) is 17.0. The number of benzene rings is 2. The third-order valence-electron chi connectivity index (χ3n) is 4.03. The summed E-state index contributed by atoms with van der Waals surface area (Å²) in [6.07, 6.45) is 1.06. The fourth-order valence-corrected chi connectivity index (χ4v) is 2.70. The molecule has 0 heterocycles. The molecule has 1 atom stereocenters. The molecule has 0 saturated carbocycles. The maximum absolute atomic E-state index is 12.1. The number of amides is 1. The predicted molar refractivity (Wildman–Crippen MR) is 97.3 cm³/mol. The van der Waals surface area contributed by atoms with E-state index >= 15 is 0 Å². The van der Waals surface area contributed by atoms with Crippen LogP contribution < -0.4 is 5.32 Å². The molecule has 0 fully saturated rings. The van der Waals surface area contributed by atoms with Gasteiger partial charge in [-0.25, -0.2) is 0 Å². The van der Waals surface area contributed by atoms with Crippen LogP contribution in [-0.2, 0) is 11.2 Å². The monoisotopic (exact) mass is 349 g/mol. The first-order chi connectivity index (χ1) is 10.9. The second-order valence-corrected chi connectivity index (χ2v) is 6.70. The van der Waals surface area contributed by atoms with Crippen LogP contribution in [-0.4, -0.2) is 5.91 Å². The highest BCUT2D eigenvalue weighted by Gasteiger charge is 2.10. The van der Waals surface area contributed by atoms with Gasteiger partial charge in [0.25, 0.3) is 0 Å². The van der Waals surface area contributed by atoms with Crippen LogP contribution in [0, 0.1) is 13.8 Å². The molecule has 0 unspecified atom stereocenters. The van der Waals surface area contributed by atoms with E-state index in [4.69, 9.17) is 23.2 Å². The van der Waals surface area contributed by atoms with Crippen molar-refractivity contribution in [2.45, 2.75) is 39.7 Å². The number of hydrogen-bond donors (Lipinski definition) is 1. The van der Waals surface area contributed by atoms with Crippen LogP contribution in [0.5, 0.6) is 0 Å². The lowest BCUT2D eigenvalue weighted by Crippen LogP contribution is -2.26. The molecule has 2 rings (SSSR count). The van der Waals surface area contributed by atoms with Crippen molar-refractivity contribution in [1.82, 2.24) is 5.32 Å². The molecule has 0 saturated heterocycles. The average molecular weight is 350 g/mol. The molecule has 23 heavy (non-hydrogen) atoms. The van der Waals surface area contributed by atoms with Crippen LogP contribution in [0.3, 0.4) is 0 Å². The van der Waals surface area contributed by atoms with E-state index in [1.54, 1.807) is 6.07 Å². The maximum Gasteiger partial charge on any atom is 0.220 e. The zero-order valence-corrected chi connectivity index (χ0v) is 15.1. The van der Waals surface area contributed by atoms with Gasteiger partial charge in [0.15, 0.2) is 0 Å². The molecule has 0 aliphatic rings. The van der Waals surface area contributed by atoms with Crippen molar-refractivity contribution >= 4 is 29.1 Å². The number of nitrogens with one attached hydrogen (secondary N) is 1. The summed E-state index contributed by atoms with van der Waals surface area (Å²) in [6, 6.07) is 11.7. The molecule has 0 radical (unpaired) electrons. The quantitative estimate of drug-likeness (QED) is 0.766. The minimum Gasteiger partial charge on any atom is -0.350 e. The van der Waals surface area contributed by atoms with Crippen molar-refractivity contribution < 1.29 is 4.79 Å². The lowest BCUT2D eigenvalue weighted by atomic mass is 10.0. The van der Waals surface area contributed by atoms with Crippen molar-refractivity contribution in [2.24, 2.45) is 0 Å². The summed E-state index contributed by atoms with van der Waals surface area (Å²) in [7, 11) is 0. The van der Waals surface area contributed by atoms with Crippen LogP contribution in [0.2, 0.25) is 10.0 Å². The van der Waals surface area contributed by atoms with Crippen molar-refractivity contribution in [3.05, 3.63) is 68.7 Å². The number of carbonyl (C=O) groups excluding carboxylic acids is 1. The second-order valence-electron chi connectivity index (χ2n) is 5.88. The second kappa shape index (κ2) is 7.85. The Hall–Kier alpha value is -1.51. The number of halogens is 2. The zero-order valence-electron chi connectivity index (χ0n) is 13.6. The molecule has 0 aliphatic heterocycles. The molecule has 122 valence electrons. The lowest BCUT2D eigenvalue weighted by Gasteiger charge is -2.16. The molecule has 0 aromatic heterocycles. The van der Waals surface area contributed by atoms with Gasteiger partial charge in [0.2, 0.25) is 5.91 Å². The number of hydrogen-bond acceptors (Lipinski definition) is 1. The summed E-state index contributed by atoms with van der Waals surface area (Å²) >= 11 is 11.9. The molecule has 0 bridgehead atoms. The standard InChI is InChI=1S/C19H21Cl2NO/c1-12-4-7-16(10-13(12)2)14(3)22-19(23)9-6-15-5-8-17(20)18(21)11-15/h4-5,7-8,10-11,14H,6,9H2,1-3H3,(H,22,23)/t14-/m0/s1. The largest absolute Gasteiger partial charge is 0.350 e. The fourth-order valence-electron chi connectivity index (χ4n) is 2.38. The van der Waals surface area contributed by atoms with Gasteiger partial charge in [-0.2, -0.15) is 0 Å². The van der Waals surface area contributed by atoms with Gasteiger partial charge in [0, 0.05) is 6.42 Å². The Morgan fingerprint density at radius 2 is 1.78 bits per heavy atom. The van der Waals surface area contributed by atoms with Crippen molar-refractivity contribution in [3.63, 3.8) is 0 Å². The highest BCUT2D eigenvalue weighted by Crippen LogP contribution is 2.23. The normalized spacial score (nSPS) is 12.0. The number of aryl methyl sites for hydroxylation is 3. The van der Waals surface area contributed by atoms with Crippen LogP contribution in [0.1, 0.15) is 41.6 Å². The highest BCUT2D eigenvalue weighted by atomic mass is 35.5. The average Bonchev–Trinajstić information content (AvgIpc) is 2.51. The molecule has 1 amide bonds. The topological polar surface area (TPSA) is 29.1 Å². The molecule has 0 spiro atoms. The van der Waals surface area contributed by atoms with E-state index in [0.717, 1.165) is 11.1 Å². The first-order valence-electron chi connectivity index (χ1n) is 7.67. The molecular formula is C19H21Cl2NO. The van der Waals surface area contributed by atoms with Gasteiger partial charge < -0.3 is 5.32 Å². The maximum atomic E-state index is 12.1. The Morgan fingerprint density at radius 3 is 2.43 bits per heavy atom. The van der Waals surface area contributed by atoms with E-state index in [1.807, 2.05) is 19.1 Å². The van der Waals surface area contributed by atoms with Gasteiger partial charge in [0.05, 0.1) is 16.1 Å². The van der Waals surface area contributed by atoms with E-state index in [0.29, 0.717) is 22.9 Å². The molecule has 4 heteroatoms. The third-order valence-corrected chi connectivity index (χ3v) is 4.77. The number of carbonyl (C=O) groups is 1. The Morgan fingerprint density at radius 1 is 1.04 bits per heavy atom. The van der Waals surface area contributed by atoms with E-state index < -0.39 is 0 Å². The van der Waals surface area contributed by atoms with Crippen LogP contribution >= 0.6 is 23.2 Å². The van der Waals surface area contributed by atoms with E-state index in [-0.39, 0.29) is 11.9 Å². The van der Waals surface area contributed by atoms with E-state index in [2.05, 4.69) is 37.4 Å². The SMILES string of the molecule is Cc1ccc([C@H](C)NC(=O)CCc2ccc(Cl)c(Cl)c2)cc1C.